The summed E-state index contributed by atoms with van der Waals surface area (Å²) in [6.07, 6.45) is 4.70. The Morgan fingerprint density at radius 2 is 1.85 bits per heavy atom. The standard InChI is InChI=1S/C20H22N2O3S/c1-20(2)18(14-7-9-17(10-8-14)26(3,24)25)22-13-15(19(20)23)12-16-6-4-5-11-21-16/h4-12,18,22H,13H2,1-3H3. The van der Waals surface area contributed by atoms with Crippen molar-refractivity contribution >= 4 is 21.7 Å². The predicted octanol–water partition coefficient (Wildman–Crippen LogP) is 2.81. The number of hydrogen-bond donors (Lipinski definition) is 1. The topological polar surface area (TPSA) is 76.1 Å². The molecule has 2 heterocycles. The van der Waals surface area contributed by atoms with Gasteiger partial charge < -0.3 is 5.32 Å². The molecular weight excluding hydrogens is 348 g/mol. The van der Waals surface area contributed by atoms with E-state index in [1.165, 1.54) is 6.26 Å². The van der Waals surface area contributed by atoms with Crippen LogP contribution >= 0.6 is 0 Å². The summed E-state index contributed by atoms with van der Waals surface area (Å²) in [5, 5.41) is 3.42. The fourth-order valence-corrected chi connectivity index (χ4v) is 3.92. The summed E-state index contributed by atoms with van der Waals surface area (Å²) >= 11 is 0. The van der Waals surface area contributed by atoms with Gasteiger partial charge in [0.15, 0.2) is 15.6 Å². The first-order chi connectivity index (χ1) is 12.2. The Labute approximate surface area is 154 Å². The van der Waals surface area contributed by atoms with Crippen molar-refractivity contribution in [3.63, 3.8) is 0 Å². The van der Waals surface area contributed by atoms with Gasteiger partial charge in [0.25, 0.3) is 0 Å². The van der Waals surface area contributed by atoms with E-state index in [0.717, 1.165) is 11.3 Å². The number of piperidine rings is 1. The molecule has 1 N–H and O–H groups in total. The lowest BCUT2D eigenvalue weighted by Crippen LogP contribution is -2.47. The van der Waals surface area contributed by atoms with Crippen LogP contribution in [-0.2, 0) is 14.6 Å². The molecule has 0 bridgehead atoms. The van der Waals surface area contributed by atoms with Crippen molar-refractivity contribution in [1.29, 1.82) is 0 Å². The molecule has 5 nitrogen and oxygen atoms in total. The third-order valence-corrected chi connectivity index (χ3v) is 5.88. The zero-order chi connectivity index (χ0) is 18.9. The molecule has 3 rings (SSSR count). The van der Waals surface area contributed by atoms with E-state index in [4.69, 9.17) is 0 Å². The molecule has 136 valence electrons. The molecule has 1 unspecified atom stereocenters. The smallest absolute Gasteiger partial charge is 0.175 e. The number of ketones is 1. The first kappa shape index (κ1) is 18.5. The third kappa shape index (κ3) is 3.61. The molecule has 0 spiro atoms. The van der Waals surface area contributed by atoms with Crippen LogP contribution in [0.5, 0.6) is 0 Å². The van der Waals surface area contributed by atoms with E-state index in [2.05, 4.69) is 10.3 Å². The number of carbonyl (C=O) groups excluding carboxylic acids is 1. The van der Waals surface area contributed by atoms with Crippen molar-refractivity contribution in [2.75, 3.05) is 12.8 Å². The van der Waals surface area contributed by atoms with Gasteiger partial charge in [-0.25, -0.2) is 8.42 Å². The number of nitrogens with zero attached hydrogens (tertiary/aromatic N) is 1. The molecule has 2 aromatic rings. The largest absolute Gasteiger partial charge is 0.305 e. The lowest BCUT2D eigenvalue weighted by Gasteiger charge is -2.39. The van der Waals surface area contributed by atoms with E-state index in [1.807, 2.05) is 38.1 Å². The van der Waals surface area contributed by atoms with Gasteiger partial charge in [-0.05, 0) is 35.9 Å². The number of sulfone groups is 1. The van der Waals surface area contributed by atoms with Crippen LogP contribution in [0.2, 0.25) is 0 Å². The number of rotatable bonds is 3. The van der Waals surface area contributed by atoms with E-state index in [9.17, 15) is 13.2 Å². The highest BCUT2D eigenvalue weighted by atomic mass is 32.2. The average molecular weight is 370 g/mol. The van der Waals surface area contributed by atoms with Crippen molar-refractivity contribution in [2.45, 2.75) is 24.8 Å². The summed E-state index contributed by atoms with van der Waals surface area (Å²) in [5.74, 6) is 0.0686. The second kappa shape index (κ2) is 6.78. The Bertz CT molecular complexity index is 946. The van der Waals surface area contributed by atoms with Crippen LogP contribution in [0.15, 0.2) is 59.1 Å². The molecule has 0 aliphatic carbocycles. The van der Waals surface area contributed by atoms with E-state index in [-0.39, 0.29) is 16.7 Å². The minimum Gasteiger partial charge on any atom is -0.305 e. The summed E-state index contributed by atoms with van der Waals surface area (Å²) in [5.41, 5.74) is 1.68. The van der Waals surface area contributed by atoms with Gasteiger partial charge in [-0.15, -0.1) is 0 Å². The Morgan fingerprint density at radius 1 is 1.15 bits per heavy atom. The molecule has 0 radical (unpaired) electrons. The molecule has 1 aromatic carbocycles. The SMILES string of the molecule is CC1(C)C(=O)C(=Cc2ccccn2)CNC1c1ccc(S(C)(=O)=O)cc1. The molecule has 1 aliphatic heterocycles. The van der Waals surface area contributed by atoms with Crippen LogP contribution in [0, 0.1) is 5.41 Å². The normalized spacial score (nSPS) is 21.7. The van der Waals surface area contributed by atoms with Gasteiger partial charge in [0.1, 0.15) is 0 Å². The fraction of sp³-hybridized carbons (Fsp3) is 0.300. The summed E-state index contributed by atoms with van der Waals surface area (Å²) < 4.78 is 23.3. The number of carbonyl (C=O) groups is 1. The third-order valence-electron chi connectivity index (χ3n) is 4.75. The number of pyridine rings is 1. The maximum absolute atomic E-state index is 13.0. The summed E-state index contributed by atoms with van der Waals surface area (Å²) in [6.45, 7) is 4.25. The summed E-state index contributed by atoms with van der Waals surface area (Å²) in [6, 6.07) is 12.1. The molecule has 26 heavy (non-hydrogen) atoms. The first-order valence-corrected chi connectivity index (χ1v) is 10.3. The van der Waals surface area contributed by atoms with Crippen molar-refractivity contribution in [3.8, 4) is 0 Å². The van der Waals surface area contributed by atoms with Crippen LogP contribution in [0.25, 0.3) is 6.08 Å². The second-order valence-electron chi connectivity index (χ2n) is 7.13. The summed E-state index contributed by atoms with van der Waals surface area (Å²) in [7, 11) is -3.24. The molecule has 6 heteroatoms. The lowest BCUT2D eigenvalue weighted by molar-refractivity contribution is -0.126. The predicted molar refractivity (Wildman–Crippen MR) is 101 cm³/mol. The fourth-order valence-electron chi connectivity index (χ4n) is 3.29. The first-order valence-electron chi connectivity index (χ1n) is 8.39. The van der Waals surface area contributed by atoms with Gasteiger partial charge in [-0.1, -0.05) is 32.0 Å². The van der Waals surface area contributed by atoms with Gasteiger partial charge >= 0.3 is 0 Å². The maximum Gasteiger partial charge on any atom is 0.175 e. The molecule has 0 saturated carbocycles. The quantitative estimate of drug-likeness (QED) is 0.841. The molecule has 0 amide bonds. The van der Waals surface area contributed by atoms with Crippen LogP contribution in [-0.4, -0.2) is 32.0 Å². The molecule has 1 aliphatic rings. The van der Waals surface area contributed by atoms with Crippen LogP contribution in [0.1, 0.15) is 31.1 Å². The van der Waals surface area contributed by atoms with E-state index in [0.29, 0.717) is 12.1 Å². The van der Waals surface area contributed by atoms with Gasteiger partial charge in [0, 0.05) is 36.0 Å². The van der Waals surface area contributed by atoms with Crippen LogP contribution in [0.4, 0.5) is 0 Å². The summed E-state index contributed by atoms with van der Waals surface area (Å²) in [4.78, 5) is 17.6. The number of nitrogens with one attached hydrogen (secondary N) is 1. The van der Waals surface area contributed by atoms with E-state index in [1.54, 1.807) is 30.5 Å². The highest BCUT2D eigenvalue weighted by Crippen LogP contribution is 2.39. The zero-order valence-corrected chi connectivity index (χ0v) is 15.9. The van der Waals surface area contributed by atoms with Crippen LogP contribution < -0.4 is 5.32 Å². The maximum atomic E-state index is 13.0. The Morgan fingerprint density at radius 3 is 2.42 bits per heavy atom. The highest BCUT2D eigenvalue weighted by molar-refractivity contribution is 7.90. The van der Waals surface area contributed by atoms with Gasteiger partial charge in [0.05, 0.1) is 10.6 Å². The number of aromatic nitrogens is 1. The number of benzene rings is 1. The van der Waals surface area contributed by atoms with Gasteiger partial charge in [-0.2, -0.15) is 0 Å². The van der Waals surface area contributed by atoms with Gasteiger partial charge in [-0.3, -0.25) is 9.78 Å². The molecule has 1 fully saturated rings. The van der Waals surface area contributed by atoms with Crippen molar-refractivity contribution in [2.24, 2.45) is 5.41 Å². The van der Waals surface area contributed by atoms with Crippen molar-refractivity contribution in [1.82, 2.24) is 10.3 Å². The van der Waals surface area contributed by atoms with Crippen molar-refractivity contribution < 1.29 is 13.2 Å². The number of hydrogen-bond acceptors (Lipinski definition) is 5. The van der Waals surface area contributed by atoms with Gasteiger partial charge in [0.2, 0.25) is 0 Å². The zero-order valence-electron chi connectivity index (χ0n) is 15.1. The highest BCUT2D eigenvalue weighted by Gasteiger charge is 2.42. The monoisotopic (exact) mass is 370 g/mol. The Hall–Kier alpha value is -2.31. The van der Waals surface area contributed by atoms with Crippen LogP contribution in [0.3, 0.4) is 0 Å². The molecular formula is C20H22N2O3S. The van der Waals surface area contributed by atoms with Crippen molar-refractivity contribution in [3.05, 3.63) is 65.5 Å². The second-order valence-corrected chi connectivity index (χ2v) is 9.15. The van der Waals surface area contributed by atoms with E-state index >= 15 is 0 Å². The molecule has 1 saturated heterocycles. The number of Topliss-reactive ketones (excluding diaryl/α,β-unsaturated/α-hetero) is 1. The molecule has 1 aromatic heterocycles. The minimum atomic E-state index is -3.24. The Kier molecular flexibility index (Phi) is 4.82. The lowest BCUT2D eigenvalue weighted by atomic mass is 9.72. The van der Waals surface area contributed by atoms with E-state index < -0.39 is 15.3 Å². The minimum absolute atomic E-state index is 0.0686. The Balaban J connectivity index is 1.89. The molecule has 1 atom stereocenters. The average Bonchev–Trinajstić information content (AvgIpc) is 2.59.